The molecule has 0 heterocycles. The van der Waals surface area contributed by atoms with E-state index in [0.717, 1.165) is 16.5 Å². The average Bonchev–Trinajstić information content (AvgIpc) is 2.19. The lowest BCUT2D eigenvalue weighted by Crippen LogP contribution is -2.11. The van der Waals surface area contributed by atoms with Gasteiger partial charge in [0, 0.05) is 16.6 Å². The Morgan fingerprint density at radius 1 is 1.50 bits per heavy atom. The summed E-state index contributed by atoms with van der Waals surface area (Å²) in [5.74, 6) is 0.100. The smallest absolute Gasteiger partial charge is 0.121 e. The molecule has 0 bridgehead atoms. The van der Waals surface area contributed by atoms with Crippen LogP contribution in [0, 0.1) is 0 Å². The molecule has 0 fully saturated rings. The van der Waals surface area contributed by atoms with Gasteiger partial charge in [-0.25, -0.2) is 0 Å². The van der Waals surface area contributed by atoms with Crippen LogP contribution in [0.3, 0.4) is 0 Å². The predicted octanol–water partition coefficient (Wildman–Crippen LogP) is 1.71. The largest absolute Gasteiger partial charge is 0.508 e. The number of nitrogens with two attached hydrogens (primary N) is 1. The summed E-state index contributed by atoms with van der Waals surface area (Å²) in [5.41, 5.74) is 6.80. The summed E-state index contributed by atoms with van der Waals surface area (Å²) in [6.45, 7) is 2.10. The van der Waals surface area contributed by atoms with Crippen LogP contribution in [-0.2, 0) is 6.42 Å². The van der Waals surface area contributed by atoms with E-state index < -0.39 is 6.10 Å². The number of rotatable bonds is 3. The molecule has 1 atom stereocenters. The van der Waals surface area contributed by atoms with Crippen molar-refractivity contribution in [2.75, 3.05) is 6.54 Å². The molecule has 0 spiro atoms. The van der Waals surface area contributed by atoms with Gasteiger partial charge < -0.3 is 15.9 Å². The fourth-order valence-electron chi connectivity index (χ4n) is 1.29. The van der Waals surface area contributed by atoms with E-state index in [-0.39, 0.29) is 12.3 Å². The van der Waals surface area contributed by atoms with E-state index in [0.29, 0.717) is 5.56 Å². The third-order valence-corrected chi connectivity index (χ3v) is 2.90. The van der Waals surface area contributed by atoms with Crippen molar-refractivity contribution in [1.82, 2.24) is 0 Å². The van der Waals surface area contributed by atoms with Gasteiger partial charge in [0.2, 0.25) is 0 Å². The topological polar surface area (TPSA) is 66.5 Å². The van der Waals surface area contributed by atoms with Crippen molar-refractivity contribution >= 4 is 15.9 Å². The second kappa shape index (κ2) is 4.77. The third kappa shape index (κ3) is 2.26. The monoisotopic (exact) mass is 259 g/mol. The molecule has 0 aliphatic heterocycles. The zero-order valence-electron chi connectivity index (χ0n) is 8.00. The summed E-state index contributed by atoms with van der Waals surface area (Å²) in [6, 6.07) is 3.37. The molecule has 14 heavy (non-hydrogen) atoms. The highest BCUT2D eigenvalue weighted by molar-refractivity contribution is 9.10. The molecule has 1 unspecified atom stereocenters. The number of aliphatic hydroxyl groups is 1. The van der Waals surface area contributed by atoms with Gasteiger partial charge in [0.25, 0.3) is 0 Å². The van der Waals surface area contributed by atoms with E-state index in [1.165, 1.54) is 0 Å². The van der Waals surface area contributed by atoms with Crippen molar-refractivity contribution in [3.8, 4) is 5.75 Å². The van der Waals surface area contributed by atoms with Gasteiger partial charge in [-0.3, -0.25) is 0 Å². The molecular weight excluding hydrogens is 246 g/mol. The summed E-state index contributed by atoms with van der Waals surface area (Å²) in [6.07, 6.45) is 0.0184. The molecule has 0 radical (unpaired) electrons. The van der Waals surface area contributed by atoms with Crippen LogP contribution in [0.1, 0.15) is 24.2 Å². The van der Waals surface area contributed by atoms with Gasteiger partial charge in [0.05, 0.1) is 6.10 Å². The molecule has 0 aliphatic rings. The van der Waals surface area contributed by atoms with Gasteiger partial charge in [-0.15, -0.1) is 0 Å². The highest BCUT2D eigenvalue weighted by atomic mass is 79.9. The average molecular weight is 260 g/mol. The maximum absolute atomic E-state index is 9.61. The second-order valence-corrected chi connectivity index (χ2v) is 3.96. The Bertz CT molecular complexity index is 328. The first-order chi connectivity index (χ1) is 6.60. The SMILES string of the molecule is CCc1cc(O)c(C(O)CN)cc1Br. The van der Waals surface area contributed by atoms with E-state index >= 15 is 0 Å². The molecule has 1 rings (SSSR count). The van der Waals surface area contributed by atoms with E-state index in [2.05, 4.69) is 15.9 Å². The van der Waals surface area contributed by atoms with Gasteiger partial charge in [0.1, 0.15) is 5.75 Å². The Morgan fingerprint density at radius 3 is 2.64 bits per heavy atom. The predicted molar refractivity (Wildman–Crippen MR) is 59.2 cm³/mol. The van der Waals surface area contributed by atoms with Crippen LogP contribution in [0.4, 0.5) is 0 Å². The number of aryl methyl sites for hydroxylation is 1. The molecule has 0 amide bonds. The maximum atomic E-state index is 9.61. The lowest BCUT2D eigenvalue weighted by atomic mass is 10.0. The number of hydrogen-bond donors (Lipinski definition) is 3. The Labute approximate surface area is 91.7 Å². The van der Waals surface area contributed by atoms with E-state index in [9.17, 15) is 10.2 Å². The fraction of sp³-hybridized carbons (Fsp3) is 0.400. The van der Waals surface area contributed by atoms with Crippen molar-refractivity contribution in [1.29, 1.82) is 0 Å². The lowest BCUT2D eigenvalue weighted by molar-refractivity contribution is 0.182. The number of halogens is 1. The number of phenolic OH excluding ortho intramolecular Hbond substituents is 1. The van der Waals surface area contributed by atoms with Crippen molar-refractivity contribution in [3.05, 3.63) is 27.7 Å². The molecule has 1 aromatic rings. The summed E-state index contributed by atoms with van der Waals surface area (Å²) >= 11 is 3.38. The molecule has 4 N–H and O–H groups in total. The number of aliphatic hydroxyl groups excluding tert-OH is 1. The molecule has 78 valence electrons. The van der Waals surface area contributed by atoms with Gasteiger partial charge in [-0.1, -0.05) is 22.9 Å². The second-order valence-electron chi connectivity index (χ2n) is 3.11. The number of phenols is 1. The molecule has 4 heteroatoms. The van der Waals surface area contributed by atoms with E-state index in [4.69, 9.17) is 5.73 Å². The zero-order chi connectivity index (χ0) is 10.7. The van der Waals surface area contributed by atoms with Crippen LogP contribution < -0.4 is 5.73 Å². The number of benzene rings is 1. The van der Waals surface area contributed by atoms with Crippen LogP contribution in [0.2, 0.25) is 0 Å². The van der Waals surface area contributed by atoms with Crippen LogP contribution in [0.25, 0.3) is 0 Å². The standard InChI is InChI=1S/C10H14BrNO2/c1-2-6-3-9(13)7(4-8(6)11)10(14)5-12/h3-4,10,13-14H,2,5,12H2,1H3. The van der Waals surface area contributed by atoms with Gasteiger partial charge in [0.15, 0.2) is 0 Å². The van der Waals surface area contributed by atoms with Crippen molar-refractivity contribution in [3.63, 3.8) is 0 Å². The minimum Gasteiger partial charge on any atom is -0.508 e. The Morgan fingerprint density at radius 2 is 2.14 bits per heavy atom. The van der Waals surface area contributed by atoms with Crippen LogP contribution in [0.15, 0.2) is 16.6 Å². The molecule has 3 nitrogen and oxygen atoms in total. The van der Waals surface area contributed by atoms with Gasteiger partial charge in [-0.05, 0) is 24.1 Å². The highest BCUT2D eigenvalue weighted by Gasteiger charge is 2.12. The first-order valence-electron chi connectivity index (χ1n) is 4.49. The molecule has 0 saturated heterocycles. The molecule has 0 saturated carbocycles. The summed E-state index contributed by atoms with van der Waals surface area (Å²) in [4.78, 5) is 0. The summed E-state index contributed by atoms with van der Waals surface area (Å²) in [5, 5.41) is 19.1. The third-order valence-electron chi connectivity index (χ3n) is 2.16. The highest BCUT2D eigenvalue weighted by Crippen LogP contribution is 2.30. The fourth-order valence-corrected chi connectivity index (χ4v) is 1.93. The Hall–Kier alpha value is -0.580. The molecule has 1 aromatic carbocycles. The lowest BCUT2D eigenvalue weighted by Gasteiger charge is -2.12. The van der Waals surface area contributed by atoms with Crippen LogP contribution >= 0.6 is 15.9 Å². The molecule has 0 aromatic heterocycles. The number of aromatic hydroxyl groups is 1. The number of hydrogen-bond acceptors (Lipinski definition) is 3. The Kier molecular flexibility index (Phi) is 3.92. The van der Waals surface area contributed by atoms with Gasteiger partial charge >= 0.3 is 0 Å². The van der Waals surface area contributed by atoms with Crippen molar-refractivity contribution in [2.45, 2.75) is 19.4 Å². The first-order valence-corrected chi connectivity index (χ1v) is 5.28. The van der Waals surface area contributed by atoms with Crippen LogP contribution in [0.5, 0.6) is 5.75 Å². The zero-order valence-corrected chi connectivity index (χ0v) is 9.58. The van der Waals surface area contributed by atoms with E-state index in [1.807, 2.05) is 6.92 Å². The minimum absolute atomic E-state index is 0.100. The normalized spacial score (nSPS) is 12.9. The quantitative estimate of drug-likeness (QED) is 0.775. The van der Waals surface area contributed by atoms with Crippen molar-refractivity contribution in [2.24, 2.45) is 5.73 Å². The van der Waals surface area contributed by atoms with Crippen molar-refractivity contribution < 1.29 is 10.2 Å². The summed E-state index contributed by atoms with van der Waals surface area (Å²) in [7, 11) is 0. The maximum Gasteiger partial charge on any atom is 0.121 e. The van der Waals surface area contributed by atoms with Crippen LogP contribution in [-0.4, -0.2) is 16.8 Å². The molecule has 0 aliphatic carbocycles. The van der Waals surface area contributed by atoms with E-state index in [1.54, 1.807) is 12.1 Å². The summed E-state index contributed by atoms with van der Waals surface area (Å²) < 4.78 is 0.889. The minimum atomic E-state index is -0.808. The Balaban J connectivity index is 3.14. The first kappa shape index (κ1) is 11.5. The van der Waals surface area contributed by atoms with Gasteiger partial charge in [-0.2, -0.15) is 0 Å². The molecular formula is C10H14BrNO2.